The summed E-state index contributed by atoms with van der Waals surface area (Å²) in [6.07, 6.45) is 0. The van der Waals surface area contributed by atoms with E-state index in [1.807, 2.05) is 36.4 Å². The lowest BCUT2D eigenvalue weighted by atomic mass is 10.1. The van der Waals surface area contributed by atoms with E-state index in [-0.39, 0.29) is 0 Å². The Hall–Kier alpha value is -3.75. The number of hydrogen-bond acceptors (Lipinski definition) is 5. The molecule has 0 aliphatic rings. The van der Waals surface area contributed by atoms with E-state index in [2.05, 4.69) is 6.07 Å². The fourth-order valence-electron chi connectivity index (χ4n) is 3.16. The van der Waals surface area contributed by atoms with Crippen molar-refractivity contribution in [3.63, 3.8) is 0 Å². The summed E-state index contributed by atoms with van der Waals surface area (Å²) in [6.45, 7) is 0. The van der Waals surface area contributed by atoms with Gasteiger partial charge in [-0.1, -0.05) is 23.7 Å². The number of fused-ring (bicyclic) bond motifs is 1. The predicted octanol–water partition coefficient (Wildman–Crippen LogP) is 5.87. The van der Waals surface area contributed by atoms with Gasteiger partial charge >= 0.3 is 0 Å². The van der Waals surface area contributed by atoms with Gasteiger partial charge in [-0.3, -0.25) is 0 Å². The fraction of sp³-hybridized carbons (Fsp3) is 0.0833. The Morgan fingerprint density at radius 2 is 1.73 bits per heavy atom. The van der Waals surface area contributed by atoms with Crippen molar-refractivity contribution < 1.29 is 13.9 Å². The zero-order valence-corrected chi connectivity index (χ0v) is 17.1. The molecule has 0 saturated carbocycles. The zero-order chi connectivity index (χ0) is 21.1. The Bertz CT molecular complexity index is 1350. The summed E-state index contributed by atoms with van der Waals surface area (Å²) >= 11 is 6.22. The molecular formula is C24H17ClN2O3. The average Bonchev–Trinajstić information content (AvgIpc) is 2.79. The van der Waals surface area contributed by atoms with Crippen LogP contribution in [-0.2, 0) is 0 Å². The summed E-state index contributed by atoms with van der Waals surface area (Å²) in [5.74, 6) is 1.82. The van der Waals surface area contributed by atoms with Gasteiger partial charge in [-0.2, -0.15) is 5.26 Å². The Labute approximate surface area is 178 Å². The molecule has 0 spiro atoms. The third-order valence-corrected chi connectivity index (χ3v) is 4.87. The molecule has 0 aliphatic carbocycles. The number of halogens is 1. The lowest BCUT2D eigenvalue weighted by molar-refractivity contribution is 0.355. The molecule has 0 saturated heterocycles. The van der Waals surface area contributed by atoms with Crippen LogP contribution in [0.25, 0.3) is 22.3 Å². The first-order valence-electron chi connectivity index (χ1n) is 9.12. The Balaban J connectivity index is 2.00. The van der Waals surface area contributed by atoms with Crippen molar-refractivity contribution in [1.29, 1.82) is 5.26 Å². The number of benzene rings is 3. The van der Waals surface area contributed by atoms with Gasteiger partial charge in [0.2, 0.25) is 0 Å². The lowest BCUT2D eigenvalue weighted by Gasteiger charge is -2.10. The molecule has 1 aromatic heterocycles. The third-order valence-electron chi connectivity index (χ3n) is 4.64. The van der Waals surface area contributed by atoms with E-state index in [4.69, 9.17) is 30.5 Å². The van der Waals surface area contributed by atoms with Crippen molar-refractivity contribution >= 4 is 28.3 Å². The van der Waals surface area contributed by atoms with Crippen LogP contribution in [-0.4, -0.2) is 14.2 Å². The van der Waals surface area contributed by atoms with Crippen LogP contribution in [0, 0.1) is 11.3 Å². The maximum Gasteiger partial charge on any atom is 0.161 e. The normalized spacial score (nSPS) is 11.3. The van der Waals surface area contributed by atoms with E-state index in [1.165, 1.54) is 0 Å². The molecule has 0 amide bonds. The fourth-order valence-corrected chi connectivity index (χ4v) is 3.33. The molecule has 0 atom stereocenters. The van der Waals surface area contributed by atoms with Crippen LogP contribution < -0.4 is 14.8 Å². The third kappa shape index (κ3) is 3.73. The summed E-state index contributed by atoms with van der Waals surface area (Å²) < 4.78 is 16.9. The molecular weight excluding hydrogens is 400 g/mol. The molecule has 6 heteroatoms. The molecule has 3 aromatic carbocycles. The number of nitrogens with zero attached hydrogens (tertiary/aromatic N) is 2. The molecule has 30 heavy (non-hydrogen) atoms. The quantitative estimate of drug-likeness (QED) is 0.417. The largest absolute Gasteiger partial charge is 0.493 e. The second-order valence-electron chi connectivity index (χ2n) is 6.45. The second kappa shape index (κ2) is 8.32. The number of ether oxygens (including phenoxy) is 2. The summed E-state index contributed by atoms with van der Waals surface area (Å²) in [7, 11) is 3.17. The van der Waals surface area contributed by atoms with E-state index in [1.54, 1.807) is 44.6 Å². The van der Waals surface area contributed by atoms with Crippen molar-refractivity contribution in [2.45, 2.75) is 0 Å². The van der Waals surface area contributed by atoms with Crippen LogP contribution in [0.1, 0.15) is 5.56 Å². The lowest BCUT2D eigenvalue weighted by Crippen LogP contribution is -2.03. The van der Waals surface area contributed by atoms with Crippen molar-refractivity contribution in [1.82, 2.24) is 0 Å². The zero-order valence-electron chi connectivity index (χ0n) is 16.3. The van der Waals surface area contributed by atoms with Crippen LogP contribution in [0.2, 0.25) is 5.02 Å². The summed E-state index contributed by atoms with van der Waals surface area (Å²) in [6, 6.07) is 22.1. The molecule has 0 N–H and O–H groups in total. The van der Waals surface area contributed by atoms with Crippen LogP contribution in [0.4, 0.5) is 5.69 Å². The molecule has 0 radical (unpaired) electrons. The molecule has 0 unspecified atom stereocenters. The molecule has 0 bridgehead atoms. The number of methoxy groups -OCH3 is 2. The van der Waals surface area contributed by atoms with E-state index in [9.17, 15) is 5.26 Å². The number of para-hydroxylation sites is 1. The number of rotatable bonds is 4. The van der Waals surface area contributed by atoms with Gasteiger partial charge in [0.25, 0.3) is 0 Å². The topological polar surface area (TPSA) is 67.8 Å². The van der Waals surface area contributed by atoms with Gasteiger partial charge in [-0.25, -0.2) is 4.99 Å². The number of nitriles is 1. The summed E-state index contributed by atoms with van der Waals surface area (Å²) in [4.78, 5) is 4.75. The minimum absolute atomic E-state index is 0.487. The van der Waals surface area contributed by atoms with Gasteiger partial charge in [-0.05, 0) is 48.5 Å². The van der Waals surface area contributed by atoms with E-state index >= 15 is 0 Å². The molecule has 4 rings (SSSR count). The first kappa shape index (κ1) is 19.6. The average molecular weight is 417 g/mol. The number of hydrogen-bond donors (Lipinski definition) is 0. The molecule has 5 nitrogen and oxygen atoms in total. The predicted molar refractivity (Wildman–Crippen MR) is 116 cm³/mol. The van der Waals surface area contributed by atoms with Gasteiger partial charge in [0.1, 0.15) is 17.4 Å². The first-order valence-corrected chi connectivity index (χ1v) is 9.50. The Morgan fingerprint density at radius 1 is 0.933 bits per heavy atom. The molecule has 1 heterocycles. The SMILES string of the molecule is COc1ccc(-c2cc(=Nc3ccccc3C#N)c3cc(Cl)ccc3o2)cc1OC. The Kier molecular flexibility index (Phi) is 5.42. The maximum atomic E-state index is 9.42. The second-order valence-corrected chi connectivity index (χ2v) is 6.88. The van der Waals surface area contributed by atoms with Crippen LogP contribution in [0.3, 0.4) is 0 Å². The highest BCUT2D eigenvalue weighted by Crippen LogP contribution is 2.33. The van der Waals surface area contributed by atoms with E-state index < -0.39 is 0 Å². The molecule has 0 aliphatic heterocycles. The standard InChI is InChI=1S/C24H17ClN2O3/c1-28-22-9-7-15(11-24(22)29-2)23-13-20(18-12-17(25)8-10-21(18)30-23)27-19-6-4-3-5-16(19)14-26/h3-13H,1-2H3. The molecule has 148 valence electrons. The van der Waals surface area contributed by atoms with E-state index in [0.29, 0.717) is 44.5 Å². The summed E-state index contributed by atoms with van der Waals surface area (Å²) in [5.41, 5.74) is 2.49. The monoisotopic (exact) mass is 416 g/mol. The van der Waals surface area contributed by atoms with Crippen LogP contribution >= 0.6 is 11.6 Å². The highest BCUT2D eigenvalue weighted by atomic mass is 35.5. The van der Waals surface area contributed by atoms with Gasteiger partial charge in [-0.15, -0.1) is 0 Å². The molecule has 0 fully saturated rings. The van der Waals surface area contributed by atoms with Gasteiger partial charge < -0.3 is 13.9 Å². The van der Waals surface area contributed by atoms with Crippen LogP contribution in [0.5, 0.6) is 11.5 Å². The molecule has 4 aromatic rings. The highest BCUT2D eigenvalue weighted by Gasteiger charge is 2.11. The van der Waals surface area contributed by atoms with E-state index in [0.717, 1.165) is 10.9 Å². The smallest absolute Gasteiger partial charge is 0.161 e. The first-order chi connectivity index (χ1) is 14.6. The van der Waals surface area contributed by atoms with Crippen molar-refractivity contribution in [2.24, 2.45) is 4.99 Å². The highest BCUT2D eigenvalue weighted by molar-refractivity contribution is 6.31. The van der Waals surface area contributed by atoms with Crippen molar-refractivity contribution in [2.75, 3.05) is 14.2 Å². The van der Waals surface area contributed by atoms with Crippen molar-refractivity contribution in [3.05, 3.63) is 82.7 Å². The van der Waals surface area contributed by atoms with Gasteiger partial charge in [0.15, 0.2) is 11.5 Å². The minimum atomic E-state index is 0.487. The maximum absolute atomic E-state index is 9.42. The van der Waals surface area contributed by atoms with Crippen molar-refractivity contribution in [3.8, 4) is 28.9 Å². The Morgan fingerprint density at radius 3 is 2.50 bits per heavy atom. The van der Waals surface area contributed by atoms with Gasteiger partial charge in [0.05, 0.1) is 30.8 Å². The minimum Gasteiger partial charge on any atom is -0.493 e. The summed E-state index contributed by atoms with van der Waals surface area (Å²) in [5, 5.41) is 11.4. The van der Waals surface area contributed by atoms with Crippen LogP contribution in [0.15, 0.2) is 76.1 Å². The van der Waals surface area contributed by atoms with Gasteiger partial charge in [0, 0.05) is 22.0 Å².